The maximum atomic E-state index is 12.6. The predicted molar refractivity (Wildman–Crippen MR) is 87.3 cm³/mol. The fourth-order valence-electron chi connectivity index (χ4n) is 3.42. The molecule has 3 heterocycles. The van der Waals surface area contributed by atoms with E-state index >= 15 is 0 Å². The van der Waals surface area contributed by atoms with Gasteiger partial charge in [-0.3, -0.25) is 9.59 Å². The summed E-state index contributed by atoms with van der Waals surface area (Å²) in [5.41, 5.74) is -0.318. The van der Waals surface area contributed by atoms with Gasteiger partial charge in [0, 0.05) is 25.8 Å². The van der Waals surface area contributed by atoms with Crippen LogP contribution < -0.4 is 5.56 Å². The first-order valence-corrected chi connectivity index (χ1v) is 9.78. The summed E-state index contributed by atoms with van der Waals surface area (Å²) in [5.74, 6) is -0.332. The molecule has 1 aromatic rings. The van der Waals surface area contributed by atoms with E-state index in [2.05, 4.69) is 4.98 Å². The van der Waals surface area contributed by atoms with Gasteiger partial charge in [-0.15, -0.1) is 0 Å². The molecule has 2 aliphatic rings. The Hall–Kier alpha value is -1.71. The number of likely N-dealkylation sites (tertiary alicyclic amines) is 1. The van der Waals surface area contributed by atoms with Gasteiger partial charge in [-0.2, -0.15) is 4.31 Å². The van der Waals surface area contributed by atoms with E-state index in [1.807, 2.05) is 0 Å². The Bertz CT molecular complexity index is 775. The van der Waals surface area contributed by atoms with Crippen LogP contribution in [0.15, 0.2) is 23.1 Å². The fourth-order valence-corrected chi connectivity index (χ4v) is 4.56. The zero-order valence-corrected chi connectivity index (χ0v) is 14.3. The number of aromatic amines is 1. The van der Waals surface area contributed by atoms with Gasteiger partial charge in [0.2, 0.25) is 10.0 Å². The molecule has 0 aliphatic carbocycles. The standard InChI is InChI=1S/C15H21N3O5S/c1-24(21,22)18-9-10-23-13-5-8-17(7-4-12(13)18)15(20)11-3-2-6-16-14(11)19/h2-3,6,12-13H,4-5,7-10H2,1H3,(H,16,19)/t12-,13-/m0/s1. The second-order valence-electron chi connectivity index (χ2n) is 6.13. The third-order valence-electron chi connectivity index (χ3n) is 4.58. The number of pyridine rings is 1. The second-order valence-corrected chi connectivity index (χ2v) is 8.07. The highest BCUT2D eigenvalue weighted by Gasteiger charge is 2.39. The number of aromatic nitrogens is 1. The first-order valence-electron chi connectivity index (χ1n) is 7.93. The van der Waals surface area contributed by atoms with Crippen molar-refractivity contribution in [2.45, 2.75) is 25.0 Å². The number of hydrogen-bond donors (Lipinski definition) is 1. The third kappa shape index (κ3) is 3.38. The summed E-state index contributed by atoms with van der Waals surface area (Å²) < 4.78 is 31.2. The zero-order chi connectivity index (χ0) is 17.3. The average Bonchev–Trinajstić information content (AvgIpc) is 2.76. The molecule has 2 fully saturated rings. The van der Waals surface area contributed by atoms with Crippen molar-refractivity contribution in [3.05, 3.63) is 34.2 Å². The van der Waals surface area contributed by atoms with Crippen LogP contribution in [0.1, 0.15) is 23.2 Å². The molecule has 132 valence electrons. The molecular formula is C15H21N3O5S. The summed E-state index contributed by atoms with van der Waals surface area (Å²) in [5, 5.41) is 0. The molecule has 2 aliphatic heterocycles. The van der Waals surface area contributed by atoms with Gasteiger partial charge in [-0.25, -0.2) is 8.42 Å². The summed E-state index contributed by atoms with van der Waals surface area (Å²) in [6.45, 7) is 1.53. The van der Waals surface area contributed by atoms with Crippen molar-refractivity contribution in [1.29, 1.82) is 0 Å². The summed E-state index contributed by atoms with van der Waals surface area (Å²) in [4.78, 5) is 28.5. The molecule has 0 radical (unpaired) electrons. The SMILES string of the molecule is CS(=O)(=O)N1CCO[C@H]2CCN(C(=O)c3ccc[nH]c3=O)CC[C@@H]21. The number of fused-ring (bicyclic) bond motifs is 1. The van der Waals surface area contributed by atoms with E-state index in [-0.39, 0.29) is 23.6 Å². The first-order chi connectivity index (χ1) is 11.4. The van der Waals surface area contributed by atoms with Crippen LogP contribution in [-0.2, 0) is 14.8 Å². The minimum absolute atomic E-state index is 0.100. The quantitative estimate of drug-likeness (QED) is 0.781. The van der Waals surface area contributed by atoms with Crippen LogP contribution >= 0.6 is 0 Å². The molecule has 0 unspecified atom stereocenters. The molecule has 2 saturated heterocycles. The summed E-state index contributed by atoms with van der Waals surface area (Å²) >= 11 is 0. The minimum Gasteiger partial charge on any atom is -0.375 e. The highest BCUT2D eigenvalue weighted by atomic mass is 32.2. The van der Waals surface area contributed by atoms with Gasteiger partial charge < -0.3 is 14.6 Å². The maximum absolute atomic E-state index is 12.6. The number of H-pyrrole nitrogens is 1. The lowest BCUT2D eigenvalue weighted by molar-refractivity contribution is -0.0406. The van der Waals surface area contributed by atoms with Crippen LogP contribution in [0.25, 0.3) is 0 Å². The lowest BCUT2D eigenvalue weighted by atomic mass is 10.0. The molecule has 0 bridgehead atoms. The van der Waals surface area contributed by atoms with Gasteiger partial charge in [0.15, 0.2) is 0 Å². The molecule has 24 heavy (non-hydrogen) atoms. The molecule has 8 nitrogen and oxygen atoms in total. The van der Waals surface area contributed by atoms with E-state index in [1.165, 1.54) is 22.8 Å². The number of morpholine rings is 1. The molecule has 0 aromatic carbocycles. The monoisotopic (exact) mass is 355 g/mol. The van der Waals surface area contributed by atoms with Gasteiger partial charge in [0.1, 0.15) is 5.56 Å². The van der Waals surface area contributed by atoms with Gasteiger partial charge in [-0.1, -0.05) is 0 Å². The van der Waals surface area contributed by atoms with Crippen molar-refractivity contribution in [2.24, 2.45) is 0 Å². The van der Waals surface area contributed by atoms with Gasteiger partial charge in [0.05, 0.1) is 25.0 Å². The normalized spacial score (nSPS) is 25.8. The van der Waals surface area contributed by atoms with E-state index in [9.17, 15) is 18.0 Å². The molecule has 1 N–H and O–H groups in total. The number of nitrogens with one attached hydrogen (secondary N) is 1. The van der Waals surface area contributed by atoms with Crippen molar-refractivity contribution in [3.8, 4) is 0 Å². The Morgan fingerprint density at radius 2 is 2.04 bits per heavy atom. The van der Waals surface area contributed by atoms with Gasteiger partial charge >= 0.3 is 0 Å². The lowest BCUT2D eigenvalue weighted by Gasteiger charge is -2.38. The number of sulfonamides is 1. The average molecular weight is 355 g/mol. The van der Waals surface area contributed by atoms with Gasteiger partial charge in [-0.05, 0) is 25.0 Å². The molecule has 1 aromatic heterocycles. The molecule has 3 rings (SSSR count). The second kappa shape index (κ2) is 6.66. The highest BCUT2D eigenvalue weighted by molar-refractivity contribution is 7.88. The number of carbonyl (C=O) groups excluding carboxylic acids is 1. The van der Waals surface area contributed by atoms with Crippen LogP contribution in [0, 0.1) is 0 Å². The lowest BCUT2D eigenvalue weighted by Crippen LogP contribution is -2.53. The molecule has 0 spiro atoms. The fraction of sp³-hybridized carbons (Fsp3) is 0.600. The summed E-state index contributed by atoms with van der Waals surface area (Å²) in [6, 6.07) is 2.85. The van der Waals surface area contributed by atoms with Crippen molar-refractivity contribution in [3.63, 3.8) is 0 Å². The minimum atomic E-state index is -3.31. The Balaban J connectivity index is 1.79. The Labute approximate surface area is 140 Å². The third-order valence-corrected chi connectivity index (χ3v) is 5.89. The number of hydrogen-bond acceptors (Lipinski definition) is 5. The number of ether oxygens (including phenoxy) is 1. The van der Waals surface area contributed by atoms with E-state index < -0.39 is 15.6 Å². The zero-order valence-electron chi connectivity index (χ0n) is 13.5. The molecule has 1 amide bonds. The Morgan fingerprint density at radius 3 is 2.75 bits per heavy atom. The van der Waals surface area contributed by atoms with Crippen LogP contribution in [0.2, 0.25) is 0 Å². The maximum Gasteiger partial charge on any atom is 0.260 e. The molecule has 2 atom stereocenters. The first kappa shape index (κ1) is 17.1. The smallest absolute Gasteiger partial charge is 0.260 e. The highest BCUT2D eigenvalue weighted by Crippen LogP contribution is 2.26. The van der Waals surface area contributed by atoms with Crippen molar-refractivity contribution in [1.82, 2.24) is 14.2 Å². The largest absolute Gasteiger partial charge is 0.375 e. The summed E-state index contributed by atoms with van der Waals surface area (Å²) in [7, 11) is -3.31. The number of carbonyl (C=O) groups is 1. The molecule has 9 heteroatoms. The van der Waals surface area contributed by atoms with Crippen LogP contribution in [0.5, 0.6) is 0 Å². The van der Waals surface area contributed by atoms with Crippen molar-refractivity contribution >= 4 is 15.9 Å². The van der Waals surface area contributed by atoms with Gasteiger partial charge in [0.25, 0.3) is 11.5 Å². The Kier molecular flexibility index (Phi) is 4.75. The predicted octanol–water partition coefficient (Wildman–Crippen LogP) is -0.360. The Morgan fingerprint density at radius 1 is 1.29 bits per heavy atom. The number of rotatable bonds is 2. The topological polar surface area (TPSA) is 99.8 Å². The van der Waals surface area contributed by atoms with E-state index in [0.717, 1.165) is 0 Å². The van der Waals surface area contributed by atoms with Crippen LogP contribution in [-0.4, -0.2) is 73.2 Å². The van der Waals surface area contributed by atoms with E-state index in [0.29, 0.717) is 39.1 Å². The number of amides is 1. The molecular weight excluding hydrogens is 334 g/mol. The summed E-state index contributed by atoms with van der Waals surface area (Å²) in [6.07, 6.45) is 3.50. The van der Waals surface area contributed by atoms with Crippen molar-refractivity contribution < 1.29 is 17.9 Å². The van der Waals surface area contributed by atoms with Crippen LogP contribution in [0.3, 0.4) is 0 Å². The van der Waals surface area contributed by atoms with Crippen LogP contribution in [0.4, 0.5) is 0 Å². The van der Waals surface area contributed by atoms with Crippen molar-refractivity contribution in [2.75, 3.05) is 32.5 Å². The number of nitrogens with zero attached hydrogens (tertiary/aromatic N) is 2. The van der Waals surface area contributed by atoms with E-state index in [1.54, 1.807) is 11.0 Å². The molecule has 0 saturated carbocycles. The van der Waals surface area contributed by atoms with E-state index in [4.69, 9.17) is 4.74 Å².